The van der Waals surface area contributed by atoms with E-state index in [1.807, 2.05) is 0 Å². The highest BCUT2D eigenvalue weighted by Gasteiger charge is 2.30. The third kappa shape index (κ3) is 5.75. The minimum absolute atomic E-state index is 0.711. The van der Waals surface area contributed by atoms with Crippen LogP contribution in [0, 0.1) is 23.7 Å². The van der Waals surface area contributed by atoms with E-state index < -0.39 is 0 Å². The van der Waals surface area contributed by atoms with Gasteiger partial charge in [-0.1, -0.05) is 57.9 Å². The molecule has 0 aromatic carbocycles. The minimum Gasteiger partial charge on any atom is -0.216 e. The Bertz CT molecular complexity index is 280. The van der Waals surface area contributed by atoms with Crippen LogP contribution in [-0.4, -0.2) is 0 Å². The van der Waals surface area contributed by atoms with Gasteiger partial charge in [0.2, 0.25) is 0 Å². The van der Waals surface area contributed by atoms with E-state index in [0.717, 1.165) is 30.1 Å². The first kappa shape index (κ1) is 17.0. The Kier molecular flexibility index (Phi) is 7.82. The number of halogens is 1. The summed E-state index contributed by atoms with van der Waals surface area (Å²) in [6.45, 7) is 2.31. The van der Waals surface area contributed by atoms with Gasteiger partial charge in [-0.15, -0.1) is 0 Å². The standard InChI is InChI=1S/C20H35F/c1-2-3-6-17-8-12-19(13-9-17)20-14-10-18(11-15-20)7-4-5-16-21/h5,16-20H,2-4,6-15H2,1H3/b16-5+/t17-,18-,19-,20-. The van der Waals surface area contributed by atoms with E-state index >= 15 is 0 Å². The maximum atomic E-state index is 12.0. The van der Waals surface area contributed by atoms with Gasteiger partial charge in [-0.05, 0) is 62.2 Å². The topological polar surface area (TPSA) is 0 Å². The second-order valence-corrected chi connectivity index (χ2v) is 7.64. The van der Waals surface area contributed by atoms with E-state index in [0.29, 0.717) is 6.33 Å². The lowest BCUT2D eigenvalue weighted by molar-refractivity contribution is 0.141. The van der Waals surface area contributed by atoms with Gasteiger partial charge in [-0.2, -0.15) is 0 Å². The van der Waals surface area contributed by atoms with Crippen LogP contribution in [-0.2, 0) is 0 Å². The summed E-state index contributed by atoms with van der Waals surface area (Å²) in [5.74, 6) is 3.98. The highest BCUT2D eigenvalue weighted by Crippen LogP contribution is 2.43. The molecule has 0 atom stereocenters. The molecular formula is C20H35F. The van der Waals surface area contributed by atoms with Crippen LogP contribution in [0.15, 0.2) is 12.4 Å². The Labute approximate surface area is 131 Å². The average molecular weight is 294 g/mol. The summed E-state index contributed by atoms with van der Waals surface area (Å²) in [4.78, 5) is 0. The van der Waals surface area contributed by atoms with Crippen LogP contribution in [0.25, 0.3) is 0 Å². The van der Waals surface area contributed by atoms with Crippen molar-refractivity contribution in [1.29, 1.82) is 0 Å². The van der Waals surface area contributed by atoms with Crippen molar-refractivity contribution < 1.29 is 4.39 Å². The highest BCUT2D eigenvalue weighted by atomic mass is 19.1. The number of unbranched alkanes of at least 4 members (excludes halogenated alkanes) is 1. The molecule has 122 valence electrons. The van der Waals surface area contributed by atoms with Gasteiger partial charge in [-0.3, -0.25) is 0 Å². The number of rotatable bonds is 7. The second kappa shape index (κ2) is 9.64. The first-order valence-electron chi connectivity index (χ1n) is 9.58. The normalized spacial score (nSPS) is 34.4. The fourth-order valence-electron chi connectivity index (χ4n) is 4.78. The molecule has 2 rings (SSSR count). The van der Waals surface area contributed by atoms with E-state index in [1.165, 1.54) is 77.0 Å². The molecule has 1 heteroatoms. The third-order valence-electron chi connectivity index (χ3n) is 6.25. The molecule has 0 saturated heterocycles. The lowest BCUT2D eigenvalue weighted by Gasteiger charge is -2.38. The smallest absolute Gasteiger partial charge is 0.0827 e. The largest absolute Gasteiger partial charge is 0.216 e. The fourth-order valence-corrected chi connectivity index (χ4v) is 4.78. The van der Waals surface area contributed by atoms with Gasteiger partial charge >= 0.3 is 0 Å². The van der Waals surface area contributed by atoms with Crippen molar-refractivity contribution in [3.8, 4) is 0 Å². The third-order valence-corrected chi connectivity index (χ3v) is 6.25. The van der Waals surface area contributed by atoms with Gasteiger partial charge in [0, 0.05) is 0 Å². The van der Waals surface area contributed by atoms with E-state index in [1.54, 1.807) is 6.08 Å². The number of allylic oxidation sites excluding steroid dienone is 1. The molecule has 2 aliphatic carbocycles. The Morgan fingerprint density at radius 3 is 1.81 bits per heavy atom. The van der Waals surface area contributed by atoms with Crippen LogP contribution in [0.1, 0.15) is 90.4 Å². The molecule has 2 saturated carbocycles. The minimum atomic E-state index is 0.711. The van der Waals surface area contributed by atoms with Gasteiger partial charge in [0.25, 0.3) is 0 Å². The molecule has 0 aromatic rings. The first-order valence-corrected chi connectivity index (χ1v) is 9.58. The Balaban J connectivity index is 1.62. The summed E-state index contributed by atoms with van der Waals surface area (Å²) < 4.78 is 12.0. The summed E-state index contributed by atoms with van der Waals surface area (Å²) in [6, 6.07) is 0. The zero-order chi connectivity index (χ0) is 14.9. The van der Waals surface area contributed by atoms with E-state index in [4.69, 9.17) is 0 Å². The molecule has 2 aliphatic rings. The Morgan fingerprint density at radius 1 is 0.810 bits per heavy atom. The predicted molar refractivity (Wildman–Crippen MR) is 89.9 cm³/mol. The average Bonchev–Trinajstić information content (AvgIpc) is 2.54. The molecule has 2 fully saturated rings. The van der Waals surface area contributed by atoms with E-state index in [9.17, 15) is 4.39 Å². The molecule has 0 nitrogen and oxygen atoms in total. The van der Waals surface area contributed by atoms with Crippen LogP contribution in [0.2, 0.25) is 0 Å². The molecule has 0 N–H and O–H groups in total. The van der Waals surface area contributed by atoms with Gasteiger partial charge in [0.15, 0.2) is 0 Å². The predicted octanol–water partition coefficient (Wildman–Crippen LogP) is 7.05. The van der Waals surface area contributed by atoms with Crippen molar-refractivity contribution in [1.82, 2.24) is 0 Å². The monoisotopic (exact) mass is 294 g/mol. The molecule has 0 spiro atoms. The molecule has 0 bridgehead atoms. The summed E-state index contributed by atoms with van der Waals surface area (Å²) in [7, 11) is 0. The lowest BCUT2D eigenvalue weighted by atomic mass is 9.68. The van der Waals surface area contributed by atoms with Crippen molar-refractivity contribution in [3.63, 3.8) is 0 Å². The first-order chi connectivity index (χ1) is 10.3. The van der Waals surface area contributed by atoms with Crippen molar-refractivity contribution in [2.45, 2.75) is 90.4 Å². The SMILES string of the molecule is CCCC[C@H]1CC[C@H]([C@H]2CC[C@H](CC/C=C/F)CC2)CC1. The fraction of sp³-hybridized carbons (Fsp3) is 0.900. The van der Waals surface area contributed by atoms with Crippen LogP contribution in [0.3, 0.4) is 0 Å². The second-order valence-electron chi connectivity index (χ2n) is 7.64. The van der Waals surface area contributed by atoms with Gasteiger partial charge in [-0.25, -0.2) is 4.39 Å². The molecule has 21 heavy (non-hydrogen) atoms. The molecule has 0 amide bonds. The van der Waals surface area contributed by atoms with Gasteiger partial charge in [0.1, 0.15) is 0 Å². The van der Waals surface area contributed by atoms with Crippen LogP contribution >= 0.6 is 0 Å². The van der Waals surface area contributed by atoms with Crippen molar-refractivity contribution in [3.05, 3.63) is 12.4 Å². The van der Waals surface area contributed by atoms with Crippen LogP contribution in [0.4, 0.5) is 4.39 Å². The number of hydrogen-bond donors (Lipinski definition) is 0. The lowest BCUT2D eigenvalue weighted by Crippen LogP contribution is -2.25. The maximum Gasteiger partial charge on any atom is 0.0827 e. The van der Waals surface area contributed by atoms with Gasteiger partial charge in [0.05, 0.1) is 6.33 Å². The van der Waals surface area contributed by atoms with E-state index in [2.05, 4.69) is 6.92 Å². The molecule has 0 aromatic heterocycles. The van der Waals surface area contributed by atoms with Crippen molar-refractivity contribution >= 4 is 0 Å². The highest BCUT2D eigenvalue weighted by molar-refractivity contribution is 4.83. The molecule has 0 heterocycles. The summed E-state index contributed by atoms with van der Waals surface area (Å²) in [5.41, 5.74) is 0. The Morgan fingerprint density at radius 2 is 1.33 bits per heavy atom. The molecule has 0 radical (unpaired) electrons. The van der Waals surface area contributed by atoms with Gasteiger partial charge < -0.3 is 0 Å². The molecular weight excluding hydrogens is 259 g/mol. The zero-order valence-electron chi connectivity index (χ0n) is 14.0. The number of hydrogen-bond acceptors (Lipinski definition) is 0. The van der Waals surface area contributed by atoms with E-state index in [-0.39, 0.29) is 0 Å². The summed E-state index contributed by atoms with van der Waals surface area (Å²) >= 11 is 0. The van der Waals surface area contributed by atoms with Crippen LogP contribution in [0.5, 0.6) is 0 Å². The van der Waals surface area contributed by atoms with Crippen molar-refractivity contribution in [2.24, 2.45) is 23.7 Å². The summed E-state index contributed by atoms with van der Waals surface area (Å²) in [5, 5.41) is 0. The quantitative estimate of drug-likeness (QED) is 0.472. The zero-order valence-corrected chi connectivity index (χ0v) is 14.0. The van der Waals surface area contributed by atoms with Crippen LogP contribution < -0.4 is 0 Å². The Hall–Kier alpha value is -0.330. The molecule has 0 aliphatic heterocycles. The maximum absolute atomic E-state index is 12.0. The summed E-state index contributed by atoms with van der Waals surface area (Å²) in [6.07, 6.45) is 20.6. The van der Waals surface area contributed by atoms with Crippen molar-refractivity contribution in [2.75, 3.05) is 0 Å². The molecule has 0 unspecified atom stereocenters.